The fourth-order valence-corrected chi connectivity index (χ4v) is 9.54. The molecule has 358 valence electrons. The van der Waals surface area contributed by atoms with Gasteiger partial charge in [0.1, 0.15) is 29.2 Å². The van der Waals surface area contributed by atoms with Crippen LogP contribution in [0.5, 0.6) is 5.75 Å². The van der Waals surface area contributed by atoms with Gasteiger partial charge in [-0.05, 0) is 18.1 Å². The lowest BCUT2D eigenvalue weighted by atomic mass is 9.93. The number of aliphatic hydroxyl groups excluding tert-OH is 1. The fraction of sp³-hybridized carbons (Fsp3) is 0.486. The second-order valence-corrected chi connectivity index (χ2v) is 18.4. The Morgan fingerprint density at radius 1 is 0.909 bits per heavy atom. The van der Waals surface area contributed by atoms with Crippen molar-refractivity contribution in [2.24, 2.45) is 17.4 Å². The van der Waals surface area contributed by atoms with E-state index in [4.69, 9.17) is 11.5 Å². The van der Waals surface area contributed by atoms with Crippen molar-refractivity contribution in [3.63, 3.8) is 0 Å². The molecule has 0 bridgehead atoms. The van der Waals surface area contributed by atoms with Gasteiger partial charge in [0.2, 0.25) is 47.3 Å². The molecule has 8 amide bonds. The number of phenolic OH excluding ortho intramolecular Hbond substituents is 1. The Hall–Kier alpha value is -6.43. The van der Waals surface area contributed by atoms with Crippen molar-refractivity contribution in [1.29, 1.82) is 0 Å². The molecule has 7 atom stereocenters. The zero-order chi connectivity index (χ0) is 48.7. The zero-order valence-electron chi connectivity index (χ0n) is 34.7. The van der Waals surface area contributed by atoms with Crippen LogP contribution in [0.1, 0.15) is 36.3 Å². The molecule has 2 aliphatic heterocycles. The molecule has 0 radical (unpaired) electrons. The molecule has 0 spiro atoms. The first-order valence-corrected chi connectivity index (χ1v) is 23.2. The Morgan fingerprint density at radius 2 is 1.59 bits per heavy atom. The maximum absolute atomic E-state index is 13.7. The van der Waals surface area contributed by atoms with Crippen molar-refractivity contribution in [2.45, 2.75) is 75.0 Å². The number of aliphatic hydroxyl groups is 1. The van der Waals surface area contributed by atoms with E-state index in [0.717, 1.165) is 38.6 Å². The average Bonchev–Trinajstić information content (AvgIpc) is 3.92. The number of nitrogens with two attached hydrogens (primary N) is 2. The highest BCUT2D eigenvalue weighted by atomic mass is 33.1. The fourth-order valence-electron chi connectivity index (χ4n) is 6.60. The predicted molar refractivity (Wildman–Crippen MR) is 232 cm³/mol. The monoisotopic (exact) mass is 981 g/mol. The molecule has 66 heavy (non-hydrogen) atoms. The molecule has 13 N–H and O–H groups in total. The van der Waals surface area contributed by atoms with Gasteiger partial charge in [0.25, 0.3) is 0 Å². The minimum absolute atomic E-state index is 0.0518. The Balaban J connectivity index is 1.67. The molecule has 29 heteroatoms. The number of rotatable bonds is 11. The molecule has 0 unspecified atom stereocenters. The number of thiazole rings is 1. The number of carboxylic acid groups (broad SMARTS) is 1. The molecule has 3 heterocycles. The molecule has 2 aromatic rings. The number of hydrogen-bond acceptors (Lipinski definition) is 19. The Labute approximate surface area is 386 Å². The first kappa shape index (κ1) is 52.2. The highest BCUT2D eigenvalue weighted by Crippen LogP contribution is 2.28. The van der Waals surface area contributed by atoms with Crippen molar-refractivity contribution in [3.05, 3.63) is 50.5 Å². The number of phenols is 1. The zero-order valence-corrected chi connectivity index (χ0v) is 37.1. The number of amides is 8. The van der Waals surface area contributed by atoms with Crippen LogP contribution >= 0.6 is 32.9 Å². The number of primary amides is 2. The molecule has 0 saturated carbocycles. The number of carbonyl (C=O) groups is 10. The number of aromatic nitrogens is 1. The third kappa shape index (κ3) is 15.9. The summed E-state index contributed by atoms with van der Waals surface area (Å²) in [6, 6.07) is -4.29. The Kier molecular flexibility index (Phi) is 19.6. The van der Waals surface area contributed by atoms with Crippen LogP contribution in [-0.2, 0) is 60.9 Å². The van der Waals surface area contributed by atoms with Gasteiger partial charge in [0.05, 0.1) is 43.0 Å². The van der Waals surface area contributed by atoms with Crippen molar-refractivity contribution in [1.82, 2.24) is 41.8 Å². The van der Waals surface area contributed by atoms with E-state index in [1.165, 1.54) is 23.6 Å². The lowest BCUT2D eigenvalue weighted by Gasteiger charge is -2.27. The molecular formula is C37H47N11O15S3. The molecule has 26 nitrogen and oxygen atoms in total. The van der Waals surface area contributed by atoms with E-state index < -0.39 is 163 Å². The van der Waals surface area contributed by atoms with Gasteiger partial charge in [0, 0.05) is 61.0 Å². The SMILES string of the molecule is NC(=O)C[C@@H]1NC(=O)[C@@H]2C[C@@H](O)CN2C(=O)CNC(=O)[C@H](Cc2ccc(O)c([N+](=O)[O-])c2)CC(=O)CNC(=O)[C@@H](CC(=O)O)NC(=O)[C@H](NCc2nccs2)CSSC[C@H](C(N)=O)NC1=O. The molecule has 2 aliphatic rings. The summed E-state index contributed by atoms with van der Waals surface area (Å²) in [7, 11) is 1.96. The molecule has 4 rings (SSSR count). The summed E-state index contributed by atoms with van der Waals surface area (Å²) in [4.78, 5) is 147. The van der Waals surface area contributed by atoms with Gasteiger partial charge < -0.3 is 58.3 Å². The summed E-state index contributed by atoms with van der Waals surface area (Å²) < 4.78 is 0. The van der Waals surface area contributed by atoms with E-state index in [-0.39, 0.29) is 30.0 Å². The highest BCUT2D eigenvalue weighted by Gasteiger charge is 2.41. The van der Waals surface area contributed by atoms with Gasteiger partial charge in [-0.25, -0.2) is 4.98 Å². The van der Waals surface area contributed by atoms with Crippen LogP contribution in [0.15, 0.2) is 29.8 Å². The molecular weight excluding hydrogens is 935 g/mol. The van der Waals surface area contributed by atoms with Gasteiger partial charge in [-0.15, -0.1) is 11.3 Å². The van der Waals surface area contributed by atoms with E-state index in [9.17, 15) is 73.4 Å². The lowest BCUT2D eigenvalue weighted by Crippen LogP contribution is -2.57. The Morgan fingerprint density at radius 3 is 2.24 bits per heavy atom. The number of fused-ring (bicyclic) bond motifs is 1. The second-order valence-electron chi connectivity index (χ2n) is 14.9. The normalized spacial score (nSPS) is 24.8. The van der Waals surface area contributed by atoms with Crippen molar-refractivity contribution in [2.75, 3.05) is 31.1 Å². The number of carboxylic acids is 1. The number of nitro benzene ring substituents is 1. The molecule has 1 aromatic carbocycles. The lowest BCUT2D eigenvalue weighted by molar-refractivity contribution is -0.385. The average molecular weight is 982 g/mol. The van der Waals surface area contributed by atoms with Crippen LogP contribution in [0.25, 0.3) is 0 Å². The Bertz CT molecular complexity index is 2180. The number of aliphatic carboxylic acids is 1. The summed E-state index contributed by atoms with van der Waals surface area (Å²) >= 11 is 1.26. The number of nitro groups is 1. The van der Waals surface area contributed by atoms with E-state index in [1.54, 1.807) is 5.38 Å². The third-order valence-electron chi connectivity index (χ3n) is 9.90. The molecule has 2 saturated heterocycles. The number of ketones is 1. The van der Waals surface area contributed by atoms with Gasteiger partial charge in [-0.1, -0.05) is 27.7 Å². The number of carbonyl (C=O) groups excluding carboxylic acids is 9. The minimum Gasteiger partial charge on any atom is -0.502 e. The summed E-state index contributed by atoms with van der Waals surface area (Å²) in [5.74, 6) is -12.8. The predicted octanol–water partition coefficient (Wildman–Crippen LogP) is -4.09. The van der Waals surface area contributed by atoms with Crippen molar-refractivity contribution in [3.8, 4) is 5.75 Å². The number of aromatic hydroxyl groups is 1. The first-order chi connectivity index (χ1) is 31.2. The maximum Gasteiger partial charge on any atom is 0.310 e. The summed E-state index contributed by atoms with van der Waals surface area (Å²) in [5, 5.41) is 58.4. The number of Topliss-reactive ketones (excluding diaryl/α,β-unsaturated/α-hetero) is 1. The van der Waals surface area contributed by atoms with Gasteiger partial charge in [-0.2, -0.15) is 0 Å². The summed E-state index contributed by atoms with van der Waals surface area (Å²) in [5.41, 5.74) is 10.3. The van der Waals surface area contributed by atoms with E-state index in [1.807, 2.05) is 0 Å². The molecule has 1 aromatic heterocycles. The van der Waals surface area contributed by atoms with E-state index >= 15 is 0 Å². The van der Waals surface area contributed by atoms with Crippen molar-refractivity contribution < 1.29 is 68.2 Å². The van der Waals surface area contributed by atoms with Crippen molar-refractivity contribution >= 4 is 97.6 Å². The molecule has 0 aliphatic carbocycles. The number of benzene rings is 1. The summed E-state index contributed by atoms with van der Waals surface area (Å²) in [6.07, 6.45) is -2.86. The number of nitrogens with one attached hydrogen (secondary N) is 6. The highest BCUT2D eigenvalue weighted by molar-refractivity contribution is 8.76. The quantitative estimate of drug-likeness (QED) is 0.0579. The van der Waals surface area contributed by atoms with Crippen LogP contribution in [-0.4, -0.2) is 157 Å². The topological polar surface area (TPSA) is 415 Å². The van der Waals surface area contributed by atoms with Gasteiger partial charge in [0.15, 0.2) is 11.5 Å². The summed E-state index contributed by atoms with van der Waals surface area (Å²) in [6.45, 7) is -1.99. The minimum atomic E-state index is -1.73. The van der Waals surface area contributed by atoms with Crippen LogP contribution < -0.4 is 43.4 Å². The number of hydrogen-bond donors (Lipinski definition) is 11. The standard InChI is InChI=1S/C37H47N11O15S3/c38-28(52)9-21-35(59)46-23(32(39)56)15-65-66-16-24(41-12-29-40-3-4-64-29)36(60)44-22(10-31(54)55)34(58)42-11-19(49)7-18(5-17-1-2-27(51)25(6-17)48(62)63)33(57)43-13-30(53)47-14-20(50)8-26(47)37(61)45-21/h1-4,6,18,20-24,26,41,50-51H,5,7-16H2,(H2,38,52)(H2,39,56)(H,42,58)(H,43,57)(H,44,60)(H,45,61)(H,46,59)(H,54,55)/t18-,20-,21+,22-,23-,24-,26+/m1/s1. The third-order valence-corrected chi connectivity index (χ3v) is 13.1. The second kappa shape index (κ2) is 24.7. The van der Waals surface area contributed by atoms with Crippen LogP contribution in [0.2, 0.25) is 0 Å². The van der Waals surface area contributed by atoms with Gasteiger partial charge in [-0.3, -0.25) is 63.4 Å². The first-order valence-electron chi connectivity index (χ1n) is 19.8. The largest absolute Gasteiger partial charge is 0.502 e. The van der Waals surface area contributed by atoms with Crippen LogP contribution in [0.3, 0.4) is 0 Å². The van der Waals surface area contributed by atoms with Crippen LogP contribution in [0.4, 0.5) is 5.69 Å². The van der Waals surface area contributed by atoms with E-state index in [0.29, 0.717) is 5.01 Å². The van der Waals surface area contributed by atoms with E-state index in [2.05, 4.69) is 36.9 Å². The molecule has 2 fully saturated rings. The number of nitrogens with zero attached hydrogens (tertiary/aromatic N) is 3. The van der Waals surface area contributed by atoms with Crippen LogP contribution in [0, 0.1) is 16.0 Å². The smallest absolute Gasteiger partial charge is 0.310 e. The maximum atomic E-state index is 13.7. The van der Waals surface area contributed by atoms with Gasteiger partial charge >= 0.3 is 11.7 Å².